The number of likely N-dealkylation sites (N-methyl/N-ethyl adjacent to an activating group) is 1. The Morgan fingerprint density at radius 1 is 1.12 bits per heavy atom. The molecule has 1 aromatic heterocycles. The number of benzene rings is 2. The molecule has 124 valence electrons. The summed E-state index contributed by atoms with van der Waals surface area (Å²) >= 11 is 3.45. The van der Waals surface area contributed by atoms with Gasteiger partial charge in [-0.2, -0.15) is 0 Å². The molecule has 0 aliphatic heterocycles. The molecule has 3 aromatic rings. The summed E-state index contributed by atoms with van der Waals surface area (Å²) in [4.78, 5) is 15.0. The Morgan fingerprint density at radius 2 is 1.83 bits per heavy atom. The molecule has 0 saturated heterocycles. The standard InChI is InChI=1S/C19H19BrN2O2/c1-21(2)11-12-24-18-13-22(17-10-6-4-8-15(17)18)19(23)14-7-3-5-9-16(14)20/h3-10,13H,11-12H2,1-2H3. The summed E-state index contributed by atoms with van der Waals surface area (Å²) in [5, 5.41) is 0.941. The number of ether oxygens (including phenoxy) is 1. The number of nitrogens with zero attached hydrogens (tertiary/aromatic N) is 2. The van der Waals surface area contributed by atoms with E-state index in [1.807, 2.05) is 62.6 Å². The molecule has 2 aromatic carbocycles. The quantitative estimate of drug-likeness (QED) is 0.663. The van der Waals surface area contributed by atoms with Gasteiger partial charge in [0, 0.05) is 16.4 Å². The SMILES string of the molecule is CN(C)CCOc1cn(C(=O)c2ccccc2Br)c2ccccc12. The van der Waals surface area contributed by atoms with E-state index in [4.69, 9.17) is 4.74 Å². The van der Waals surface area contributed by atoms with E-state index in [0.29, 0.717) is 12.2 Å². The first-order valence-electron chi connectivity index (χ1n) is 7.75. The van der Waals surface area contributed by atoms with Crippen LogP contribution in [0.25, 0.3) is 10.9 Å². The zero-order valence-electron chi connectivity index (χ0n) is 13.7. The van der Waals surface area contributed by atoms with Crippen molar-refractivity contribution in [3.05, 3.63) is 64.8 Å². The Bertz CT molecular complexity index is 871. The molecule has 0 bridgehead atoms. The number of aromatic nitrogens is 1. The maximum Gasteiger partial charge on any atom is 0.263 e. The summed E-state index contributed by atoms with van der Waals surface area (Å²) < 4.78 is 8.33. The van der Waals surface area contributed by atoms with E-state index >= 15 is 0 Å². The third-order valence-corrected chi connectivity index (χ3v) is 4.49. The van der Waals surface area contributed by atoms with Crippen molar-refractivity contribution in [2.45, 2.75) is 0 Å². The van der Waals surface area contributed by atoms with Crippen LogP contribution in [0.3, 0.4) is 0 Å². The van der Waals surface area contributed by atoms with Gasteiger partial charge >= 0.3 is 0 Å². The summed E-state index contributed by atoms with van der Waals surface area (Å²) in [6.45, 7) is 1.39. The lowest BCUT2D eigenvalue weighted by atomic mass is 10.2. The largest absolute Gasteiger partial charge is 0.490 e. The average molecular weight is 387 g/mol. The molecule has 0 spiro atoms. The minimum Gasteiger partial charge on any atom is -0.490 e. The smallest absolute Gasteiger partial charge is 0.263 e. The molecule has 1 heterocycles. The van der Waals surface area contributed by atoms with Crippen LogP contribution in [0.2, 0.25) is 0 Å². The summed E-state index contributed by atoms with van der Waals surface area (Å²) in [5.74, 6) is 0.647. The Kier molecular flexibility index (Phi) is 5.02. The Morgan fingerprint density at radius 3 is 2.58 bits per heavy atom. The maximum atomic E-state index is 12.9. The topological polar surface area (TPSA) is 34.5 Å². The van der Waals surface area contributed by atoms with E-state index in [1.54, 1.807) is 10.8 Å². The maximum absolute atomic E-state index is 12.9. The van der Waals surface area contributed by atoms with E-state index in [2.05, 4.69) is 20.8 Å². The number of carbonyl (C=O) groups excluding carboxylic acids is 1. The molecule has 4 nitrogen and oxygen atoms in total. The van der Waals surface area contributed by atoms with Crippen molar-refractivity contribution in [1.29, 1.82) is 0 Å². The molecule has 0 aliphatic rings. The van der Waals surface area contributed by atoms with Crippen LogP contribution in [-0.2, 0) is 0 Å². The van der Waals surface area contributed by atoms with Gasteiger partial charge in [-0.1, -0.05) is 24.3 Å². The molecule has 0 N–H and O–H groups in total. The molecule has 5 heteroatoms. The second kappa shape index (κ2) is 7.20. The number of hydrogen-bond donors (Lipinski definition) is 0. The van der Waals surface area contributed by atoms with Gasteiger partial charge in [-0.05, 0) is 54.3 Å². The Balaban J connectivity index is 1.99. The predicted octanol–water partition coefficient (Wildman–Crippen LogP) is 4.03. The van der Waals surface area contributed by atoms with Crippen LogP contribution >= 0.6 is 15.9 Å². The van der Waals surface area contributed by atoms with Crippen molar-refractivity contribution in [3.63, 3.8) is 0 Å². The van der Waals surface area contributed by atoms with E-state index in [0.717, 1.165) is 27.7 Å². The lowest BCUT2D eigenvalue weighted by Gasteiger charge is -2.10. The number of fused-ring (bicyclic) bond motifs is 1. The molecule has 0 amide bonds. The van der Waals surface area contributed by atoms with Gasteiger partial charge < -0.3 is 9.64 Å². The first-order valence-corrected chi connectivity index (χ1v) is 8.54. The fourth-order valence-corrected chi connectivity index (χ4v) is 2.99. The highest BCUT2D eigenvalue weighted by atomic mass is 79.9. The van der Waals surface area contributed by atoms with Crippen LogP contribution in [0.4, 0.5) is 0 Å². The van der Waals surface area contributed by atoms with Crippen LogP contribution in [0.5, 0.6) is 5.75 Å². The van der Waals surface area contributed by atoms with Crippen molar-refractivity contribution in [3.8, 4) is 5.75 Å². The van der Waals surface area contributed by atoms with Gasteiger partial charge in [-0.25, -0.2) is 0 Å². The zero-order valence-corrected chi connectivity index (χ0v) is 15.3. The summed E-state index contributed by atoms with van der Waals surface area (Å²) in [6, 6.07) is 15.2. The second-order valence-electron chi connectivity index (χ2n) is 5.82. The van der Waals surface area contributed by atoms with Crippen molar-refractivity contribution in [1.82, 2.24) is 9.47 Å². The minimum atomic E-state index is -0.0823. The van der Waals surface area contributed by atoms with Gasteiger partial charge in [0.1, 0.15) is 12.4 Å². The summed E-state index contributed by atoms with van der Waals surface area (Å²) in [7, 11) is 4.01. The molecule has 0 saturated carbocycles. The van der Waals surface area contributed by atoms with Crippen molar-refractivity contribution in [2.24, 2.45) is 0 Å². The number of carbonyl (C=O) groups is 1. The Labute approximate surface area is 149 Å². The highest BCUT2D eigenvalue weighted by molar-refractivity contribution is 9.10. The minimum absolute atomic E-state index is 0.0823. The van der Waals surface area contributed by atoms with Gasteiger partial charge in [0.05, 0.1) is 17.3 Å². The third kappa shape index (κ3) is 3.37. The fourth-order valence-electron chi connectivity index (χ4n) is 2.53. The van der Waals surface area contributed by atoms with E-state index in [1.165, 1.54) is 0 Å². The van der Waals surface area contributed by atoms with Gasteiger partial charge in [0.15, 0.2) is 0 Å². The van der Waals surface area contributed by atoms with Gasteiger partial charge in [0.25, 0.3) is 5.91 Å². The number of para-hydroxylation sites is 1. The lowest BCUT2D eigenvalue weighted by Crippen LogP contribution is -2.19. The van der Waals surface area contributed by atoms with Gasteiger partial charge in [-0.15, -0.1) is 0 Å². The van der Waals surface area contributed by atoms with Crippen molar-refractivity contribution < 1.29 is 9.53 Å². The second-order valence-corrected chi connectivity index (χ2v) is 6.67. The molecule has 3 rings (SSSR count). The van der Waals surface area contributed by atoms with E-state index in [-0.39, 0.29) is 5.91 Å². The highest BCUT2D eigenvalue weighted by Crippen LogP contribution is 2.29. The summed E-state index contributed by atoms with van der Waals surface area (Å²) in [6.07, 6.45) is 1.78. The molecule has 24 heavy (non-hydrogen) atoms. The van der Waals surface area contributed by atoms with Crippen molar-refractivity contribution >= 4 is 32.7 Å². The molecule has 0 unspecified atom stereocenters. The van der Waals surface area contributed by atoms with Crippen LogP contribution in [0.15, 0.2) is 59.2 Å². The predicted molar refractivity (Wildman–Crippen MR) is 99.9 cm³/mol. The van der Waals surface area contributed by atoms with Gasteiger partial charge in [0.2, 0.25) is 0 Å². The molecule has 0 aliphatic carbocycles. The van der Waals surface area contributed by atoms with Crippen LogP contribution < -0.4 is 4.74 Å². The lowest BCUT2D eigenvalue weighted by molar-refractivity contribution is 0.0963. The fraction of sp³-hybridized carbons (Fsp3) is 0.211. The highest BCUT2D eigenvalue weighted by Gasteiger charge is 2.17. The molecule has 0 radical (unpaired) electrons. The number of rotatable bonds is 5. The van der Waals surface area contributed by atoms with Crippen LogP contribution in [0.1, 0.15) is 10.4 Å². The molecule has 0 fully saturated rings. The van der Waals surface area contributed by atoms with Gasteiger partial charge in [-0.3, -0.25) is 9.36 Å². The van der Waals surface area contributed by atoms with Crippen LogP contribution in [0, 0.1) is 0 Å². The normalized spacial score (nSPS) is 11.2. The average Bonchev–Trinajstić information content (AvgIpc) is 2.93. The molecular formula is C19H19BrN2O2. The molecular weight excluding hydrogens is 368 g/mol. The first kappa shape index (κ1) is 16.7. The van der Waals surface area contributed by atoms with Crippen LogP contribution in [-0.4, -0.2) is 42.6 Å². The number of hydrogen-bond acceptors (Lipinski definition) is 3. The number of halogens is 1. The zero-order chi connectivity index (χ0) is 17.1. The monoisotopic (exact) mass is 386 g/mol. The molecule has 0 atom stereocenters. The summed E-state index contributed by atoms with van der Waals surface area (Å²) in [5.41, 5.74) is 1.47. The Hall–Kier alpha value is -2.11. The van der Waals surface area contributed by atoms with E-state index in [9.17, 15) is 4.79 Å². The first-order chi connectivity index (χ1) is 11.6. The van der Waals surface area contributed by atoms with E-state index < -0.39 is 0 Å². The van der Waals surface area contributed by atoms with Crippen molar-refractivity contribution in [2.75, 3.05) is 27.2 Å². The third-order valence-electron chi connectivity index (χ3n) is 3.79.